The number of ether oxygens (including phenoxy) is 1. The predicted molar refractivity (Wildman–Crippen MR) is 124 cm³/mol. The third-order valence-corrected chi connectivity index (χ3v) is 6.54. The van der Waals surface area contributed by atoms with Crippen molar-refractivity contribution < 1.29 is 27.5 Å². The van der Waals surface area contributed by atoms with Gasteiger partial charge in [0.25, 0.3) is 0 Å². The Labute approximate surface area is 195 Å². The van der Waals surface area contributed by atoms with Gasteiger partial charge < -0.3 is 15.4 Å². The molecule has 3 amide bonds. The van der Waals surface area contributed by atoms with E-state index in [1.54, 1.807) is 19.2 Å². The summed E-state index contributed by atoms with van der Waals surface area (Å²) in [5, 5.41) is 5.56. The molecule has 2 N–H and O–H groups in total. The fraction of sp³-hybridized carbons (Fsp3) is 0.360. The molecule has 2 aromatic rings. The Balaban J connectivity index is 1.65. The first-order valence-electron chi connectivity index (χ1n) is 11.1. The molecule has 34 heavy (non-hydrogen) atoms. The monoisotopic (exact) mass is 473 g/mol. The zero-order valence-corrected chi connectivity index (χ0v) is 19.2. The fourth-order valence-corrected chi connectivity index (χ4v) is 4.37. The van der Waals surface area contributed by atoms with Crippen LogP contribution >= 0.6 is 0 Å². The number of nitrogens with zero attached hydrogens (tertiary/aromatic N) is 1. The average Bonchev–Trinajstić information content (AvgIpc) is 2.80. The van der Waals surface area contributed by atoms with E-state index in [1.807, 2.05) is 19.9 Å². The molecule has 0 saturated carbocycles. The number of amides is 3. The Morgan fingerprint density at radius 1 is 1.21 bits per heavy atom. The highest BCUT2D eigenvalue weighted by atomic mass is 19.4. The maximum atomic E-state index is 13.3. The number of fused-ring (bicyclic) bond motifs is 2. The molecule has 2 aliphatic heterocycles. The molecular formula is C25H26F3N3O3. The molecule has 0 radical (unpaired) electrons. The van der Waals surface area contributed by atoms with Gasteiger partial charge in [-0.2, -0.15) is 13.2 Å². The van der Waals surface area contributed by atoms with Gasteiger partial charge in [-0.05, 0) is 48.2 Å². The second kappa shape index (κ2) is 8.70. The SMILES string of the molecule is CCC1(CC)CC(=CC(=O)Nc2ccc3c(c2)N(C)C(=O)NC3)c2ccc(C(F)(F)F)cc2O1. The maximum Gasteiger partial charge on any atom is 0.416 e. The minimum Gasteiger partial charge on any atom is -0.486 e. The van der Waals surface area contributed by atoms with Crippen molar-refractivity contribution in [1.82, 2.24) is 5.32 Å². The number of nitrogens with one attached hydrogen (secondary N) is 2. The van der Waals surface area contributed by atoms with Gasteiger partial charge in [0.05, 0.1) is 11.3 Å². The lowest BCUT2D eigenvalue weighted by molar-refractivity contribution is -0.137. The van der Waals surface area contributed by atoms with Gasteiger partial charge in [-0.1, -0.05) is 26.0 Å². The van der Waals surface area contributed by atoms with Crippen molar-refractivity contribution in [2.75, 3.05) is 17.3 Å². The topological polar surface area (TPSA) is 70.7 Å². The average molecular weight is 473 g/mol. The second-order valence-electron chi connectivity index (χ2n) is 8.60. The van der Waals surface area contributed by atoms with Crippen LogP contribution in [0.3, 0.4) is 0 Å². The van der Waals surface area contributed by atoms with E-state index >= 15 is 0 Å². The number of alkyl halides is 3. The van der Waals surface area contributed by atoms with Crippen molar-refractivity contribution in [2.45, 2.75) is 51.4 Å². The molecule has 180 valence electrons. The van der Waals surface area contributed by atoms with Crippen LogP contribution in [0.1, 0.15) is 49.8 Å². The van der Waals surface area contributed by atoms with Crippen molar-refractivity contribution in [3.05, 3.63) is 59.2 Å². The Kier molecular flexibility index (Phi) is 6.05. The van der Waals surface area contributed by atoms with E-state index in [1.165, 1.54) is 17.0 Å². The zero-order valence-electron chi connectivity index (χ0n) is 19.2. The first kappa shape index (κ1) is 23.7. The van der Waals surface area contributed by atoms with Gasteiger partial charge in [-0.25, -0.2) is 4.79 Å². The molecule has 0 fully saturated rings. The summed E-state index contributed by atoms with van der Waals surface area (Å²) < 4.78 is 45.9. The summed E-state index contributed by atoms with van der Waals surface area (Å²) in [5.41, 5.74) is 1.74. The Hall–Kier alpha value is -3.49. The van der Waals surface area contributed by atoms with E-state index in [-0.39, 0.29) is 11.8 Å². The molecule has 6 nitrogen and oxygen atoms in total. The minimum atomic E-state index is -4.49. The first-order valence-corrected chi connectivity index (χ1v) is 11.1. The predicted octanol–water partition coefficient (Wildman–Crippen LogP) is 5.73. The number of anilines is 2. The van der Waals surface area contributed by atoms with Gasteiger partial charge in [-0.3, -0.25) is 9.69 Å². The van der Waals surface area contributed by atoms with E-state index in [0.717, 1.165) is 17.7 Å². The molecule has 0 spiro atoms. The van der Waals surface area contributed by atoms with Gasteiger partial charge in [-0.15, -0.1) is 0 Å². The molecule has 0 atom stereocenters. The van der Waals surface area contributed by atoms with Crippen LogP contribution in [0.4, 0.5) is 29.3 Å². The van der Waals surface area contributed by atoms with Crippen LogP contribution in [0.5, 0.6) is 5.75 Å². The molecule has 9 heteroatoms. The van der Waals surface area contributed by atoms with Crippen molar-refractivity contribution in [3.63, 3.8) is 0 Å². The third kappa shape index (κ3) is 4.47. The molecule has 0 saturated heterocycles. The van der Waals surface area contributed by atoms with E-state index in [0.29, 0.717) is 48.3 Å². The van der Waals surface area contributed by atoms with E-state index in [2.05, 4.69) is 10.6 Å². The van der Waals surface area contributed by atoms with Gasteiger partial charge in [0.2, 0.25) is 5.91 Å². The Bertz CT molecular complexity index is 1170. The van der Waals surface area contributed by atoms with Gasteiger partial charge >= 0.3 is 12.2 Å². The van der Waals surface area contributed by atoms with E-state index < -0.39 is 23.2 Å². The Morgan fingerprint density at radius 2 is 1.94 bits per heavy atom. The summed E-state index contributed by atoms with van der Waals surface area (Å²) in [4.78, 5) is 26.3. The number of halogens is 3. The normalized spacial score (nSPS) is 18.0. The largest absolute Gasteiger partial charge is 0.486 e. The first-order chi connectivity index (χ1) is 16.0. The summed E-state index contributed by atoms with van der Waals surface area (Å²) in [6, 6.07) is 8.44. The van der Waals surface area contributed by atoms with Crippen LogP contribution in [0.25, 0.3) is 5.57 Å². The molecule has 2 heterocycles. The number of carbonyl (C=O) groups is 2. The minimum absolute atomic E-state index is 0.130. The molecule has 0 aliphatic carbocycles. The lowest BCUT2D eigenvalue weighted by atomic mass is 9.83. The smallest absolute Gasteiger partial charge is 0.416 e. The van der Waals surface area contributed by atoms with Crippen molar-refractivity contribution >= 4 is 28.9 Å². The Morgan fingerprint density at radius 3 is 2.62 bits per heavy atom. The lowest BCUT2D eigenvalue weighted by Crippen LogP contribution is -2.41. The van der Waals surface area contributed by atoms with Crippen molar-refractivity contribution in [3.8, 4) is 5.75 Å². The summed E-state index contributed by atoms with van der Waals surface area (Å²) in [7, 11) is 1.64. The zero-order chi connectivity index (χ0) is 24.7. The third-order valence-electron chi connectivity index (χ3n) is 6.54. The highest BCUT2D eigenvalue weighted by molar-refractivity contribution is 6.05. The summed E-state index contributed by atoms with van der Waals surface area (Å²) in [6.07, 6.45) is -1.51. The van der Waals surface area contributed by atoms with Crippen molar-refractivity contribution in [1.29, 1.82) is 0 Å². The molecule has 0 aromatic heterocycles. The molecule has 0 bridgehead atoms. The van der Waals surface area contributed by atoms with Crippen LogP contribution < -0.4 is 20.3 Å². The number of hydrogen-bond donors (Lipinski definition) is 2. The number of urea groups is 1. The molecule has 2 aromatic carbocycles. The summed E-state index contributed by atoms with van der Waals surface area (Å²) >= 11 is 0. The van der Waals surface area contributed by atoms with Crippen LogP contribution in [-0.2, 0) is 17.5 Å². The fourth-order valence-electron chi connectivity index (χ4n) is 4.37. The van der Waals surface area contributed by atoms with E-state index in [4.69, 9.17) is 4.74 Å². The van der Waals surface area contributed by atoms with Crippen LogP contribution in [-0.4, -0.2) is 24.6 Å². The number of benzene rings is 2. The number of rotatable bonds is 4. The molecule has 2 aliphatic rings. The second-order valence-corrected chi connectivity index (χ2v) is 8.60. The van der Waals surface area contributed by atoms with Crippen LogP contribution in [0, 0.1) is 0 Å². The number of hydrogen-bond acceptors (Lipinski definition) is 3. The maximum absolute atomic E-state index is 13.3. The quantitative estimate of drug-likeness (QED) is 0.558. The van der Waals surface area contributed by atoms with Crippen molar-refractivity contribution in [2.24, 2.45) is 0 Å². The molecular weight excluding hydrogens is 447 g/mol. The lowest BCUT2D eigenvalue weighted by Gasteiger charge is -2.39. The molecule has 4 rings (SSSR count). The highest BCUT2D eigenvalue weighted by Crippen LogP contribution is 2.45. The van der Waals surface area contributed by atoms with Gasteiger partial charge in [0.1, 0.15) is 11.4 Å². The standard InChI is InChI=1S/C25H26F3N3O3/c1-4-24(5-2)13-16(19-9-7-17(25(26,27)28)11-21(19)34-24)10-22(32)30-18-8-6-15-14-29-23(33)31(3)20(15)12-18/h6-12H,4-5,13-14H2,1-3H3,(H,29,33)(H,30,32). The number of carbonyl (C=O) groups excluding carboxylic acids is 2. The van der Waals surface area contributed by atoms with E-state index in [9.17, 15) is 22.8 Å². The highest BCUT2D eigenvalue weighted by Gasteiger charge is 2.38. The van der Waals surface area contributed by atoms with Crippen LogP contribution in [0.15, 0.2) is 42.5 Å². The van der Waals surface area contributed by atoms with Gasteiger partial charge in [0, 0.05) is 37.3 Å². The van der Waals surface area contributed by atoms with Gasteiger partial charge in [0.15, 0.2) is 0 Å². The summed E-state index contributed by atoms with van der Waals surface area (Å²) in [5.74, 6) is -0.281. The van der Waals surface area contributed by atoms with Crippen LogP contribution in [0.2, 0.25) is 0 Å². The molecule has 0 unspecified atom stereocenters. The summed E-state index contributed by atoms with van der Waals surface area (Å²) in [6.45, 7) is 4.24.